The average molecular weight is 312 g/mol. The number of ether oxygens (including phenoxy) is 1. The second-order valence-corrected chi connectivity index (χ2v) is 4.62. The van der Waals surface area contributed by atoms with Gasteiger partial charge in [0.1, 0.15) is 5.82 Å². The molecule has 0 spiro atoms. The molecule has 2 rings (SSSR count). The number of nitrogens with one attached hydrogen (secondary N) is 1. The van der Waals surface area contributed by atoms with Crippen LogP contribution in [0, 0.1) is 0 Å². The zero-order chi connectivity index (χ0) is 16.2. The van der Waals surface area contributed by atoms with Gasteiger partial charge in [-0.05, 0) is 19.1 Å². The van der Waals surface area contributed by atoms with Gasteiger partial charge in [-0.2, -0.15) is 13.2 Å². The number of halogens is 3. The van der Waals surface area contributed by atoms with Crippen molar-refractivity contribution in [3.05, 3.63) is 36.3 Å². The van der Waals surface area contributed by atoms with E-state index in [0.29, 0.717) is 12.1 Å². The molecular weight excluding hydrogens is 297 g/mol. The number of pyridine rings is 1. The lowest BCUT2D eigenvalue weighted by Crippen LogP contribution is -2.20. The van der Waals surface area contributed by atoms with Crippen LogP contribution in [0.15, 0.2) is 30.6 Å². The van der Waals surface area contributed by atoms with E-state index in [1.54, 1.807) is 19.1 Å². The summed E-state index contributed by atoms with van der Waals surface area (Å²) in [6, 6.07) is 3.99. The number of hydrogen-bond acceptors (Lipinski definition) is 5. The molecule has 8 heteroatoms. The van der Waals surface area contributed by atoms with Crippen molar-refractivity contribution in [3.63, 3.8) is 0 Å². The maximum absolute atomic E-state index is 13.0. The van der Waals surface area contributed by atoms with Gasteiger partial charge in [0.15, 0.2) is 11.5 Å². The summed E-state index contributed by atoms with van der Waals surface area (Å²) in [5.74, 6) is 0.0860. The second kappa shape index (κ2) is 6.69. The van der Waals surface area contributed by atoms with Crippen molar-refractivity contribution in [1.82, 2.24) is 15.0 Å². The Bertz CT molecular complexity index is 619. The van der Waals surface area contributed by atoms with Crippen LogP contribution in [0.1, 0.15) is 12.6 Å². The van der Waals surface area contributed by atoms with E-state index in [2.05, 4.69) is 20.3 Å². The van der Waals surface area contributed by atoms with E-state index in [1.165, 1.54) is 19.5 Å². The maximum atomic E-state index is 13.0. The SMILES string of the molecule is COC(C)CNc1cc(C(F)(F)F)nc(-c2ccncc2)n1. The molecule has 0 amide bonds. The maximum Gasteiger partial charge on any atom is 0.433 e. The predicted molar refractivity (Wildman–Crippen MR) is 75.2 cm³/mol. The van der Waals surface area contributed by atoms with Crippen LogP contribution in [0.3, 0.4) is 0 Å². The van der Waals surface area contributed by atoms with Crippen molar-refractivity contribution in [2.24, 2.45) is 0 Å². The first-order valence-corrected chi connectivity index (χ1v) is 6.53. The van der Waals surface area contributed by atoms with E-state index in [1.807, 2.05) is 0 Å². The molecule has 22 heavy (non-hydrogen) atoms. The fourth-order valence-electron chi connectivity index (χ4n) is 1.64. The smallest absolute Gasteiger partial charge is 0.380 e. The number of nitrogens with zero attached hydrogens (tertiary/aromatic N) is 3. The molecule has 0 aliphatic heterocycles. The largest absolute Gasteiger partial charge is 0.433 e. The lowest BCUT2D eigenvalue weighted by Gasteiger charge is -2.14. The van der Waals surface area contributed by atoms with Gasteiger partial charge in [-0.3, -0.25) is 4.98 Å². The van der Waals surface area contributed by atoms with Crippen molar-refractivity contribution < 1.29 is 17.9 Å². The number of anilines is 1. The molecule has 0 aliphatic rings. The average Bonchev–Trinajstić information content (AvgIpc) is 2.52. The molecule has 1 N–H and O–H groups in total. The summed E-state index contributed by atoms with van der Waals surface area (Å²) in [6.45, 7) is 2.13. The van der Waals surface area contributed by atoms with Crippen LogP contribution in [0.4, 0.5) is 19.0 Å². The molecule has 2 heterocycles. The third-order valence-corrected chi connectivity index (χ3v) is 2.93. The summed E-state index contributed by atoms with van der Waals surface area (Å²) in [4.78, 5) is 11.5. The zero-order valence-electron chi connectivity index (χ0n) is 12.1. The summed E-state index contributed by atoms with van der Waals surface area (Å²) >= 11 is 0. The molecule has 1 unspecified atom stereocenters. The van der Waals surface area contributed by atoms with Gasteiger partial charge in [-0.15, -0.1) is 0 Å². The Morgan fingerprint density at radius 2 is 1.91 bits per heavy atom. The van der Waals surface area contributed by atoms with Gasteiger partial charge in [-0.1, -0.05) is 0 Å². The van der Waals surface area contributed by atoms with E-state index in [9.17, 15) is 13.2 Å². The molecule has 5 nitrogen and oxygen atoms in total. The highest BCUT2D eigenvalue weighted by Crippen LogP contribution is 2.30. The van der Waals surface area contributed by atoms with E-state index < -0.39 is 11.9 Å². The number of aromatic nitrogens is 3. The number of rotatable bonds is 5. The fourth-order valence-corrected chi connectivity index (χ4v) is 1.64. The highest BCUT2D eigenvalue weighted by atomic mass is 19.4. The molecule has 0 bridgehead atoms. The topological polar surface area (TPSA) is 59.9 Å². The Kier molecular flexibility index (Phi) is 4.92. The highest BCUT2D eigenvalue weighted by molar-refractivity contribution is 5.57. The van der Waals surface area contributed by atoms with Crippen LogP contribution >= 0.6 is 0 Å². The molecule has 118 valence electrons. The summed E-state index contributed by atoms with van der Waals surface area (Å²) in [5.41, 5.74) is -0.536. The van der Waals surface area contributed by atoms with Crippen molar-refractivity contribution in [3.8, 4) is 11.4 Å². The summed E-state index contributed by atoms with van der Waals surface area (Å²) in [6.07, 6.45) is -1.76. The molecule has 0 aromatic carbocycles. The second-order valence-electron chi connectivity index (χ2n) is 4.62. The van der Waals surface area contributed by atoms with Gasteiger partial charge in [-0.25, -0.2) is 9.97 Å². The first kappa shape index (κ1) is 16.2. The van der Waals surface area contributed by atoms with Crippen LogP contribution in [0.25, 0.3) is 11.4 Å². The van der Waals surface area contributed by atoms with E-state index in [0.717, 1.165) is 6.07 Å². The Morgan fingerprint density at radius 1 is 1.23 bits per heavy atom. The van der Waals surface area contributed by atoms with Gasteiger partial charge in [0.2, 0.25) is 0 Å². The number of hydrogen-bond donors (Lipinski definition) is 1. The first-order chi connectivity index (χ1) is 10.4. The minimum atomic E-state index is -4.55. The molecular formula is C14H15F3N4O. The van der Waals surface area contributed by atoms with Crippen molar-refractivity contribution in [1.29, 1.82) is 0 Å². The van der Waals surface area contributed by atoms with Crippen molar-refractivity contribution >= 4 is 5.82 Å². The molecule has 0 fully saturated rings. The molecule has 0 radical (unpaired) electrons. The number of methoxy groups -OCH3 is 1. The zero-order valence-corrected chi connectivity index (χ0v) is 12.1. The van der Waals surface area contributed by atoms with Crippen LogP contribution in [0.2, 0.25) is 0 Å². The lowest BCUT2D eigenvalue weighted by atomic mass is 10.2. The van der Waals surface area contributed by atoms with Gasteiger partial charge >= 0.3 is 6.18 Å². The summed E-state index contributed by atoms with van der Waals surface area (Å²) in [7, 11) is 1.52. The van der Waals surface area contributed by atoms with Gasteiger partial charge in [0, 0.05) is 37.7 Å². The molecule has 1 atom stereocenters. The van der Waals surface area contributed by atoms with Gasteiger partial charge < -0.3 is 10.1 Å². The Balaban J connectivity index is 2.37. The van der Waals surface area contributed by atoms with Crippen LogP contribution < -0.4 is 5.32 Å². The van der Waals surface area contributed by atoms with Gasteiger partial charge in [0.05, 0.1) is 6.10 Å². The normalized spacial score (nSPS) is 13.0. The van der Waals surface area contributed by atoms with Crippen LogP contribution in [0.5, 0.6) is 0 Å². The number of alkyl halides is 3. The van der Waals surface area contributed by atoms with E-state index >= 15 is 0 Å². The van der Waals surface area contributed by atoms with E-state index in [-0.39, 0.29) is 17.7 Å². The monoisotopic (exact) mass is 312 g/mol. The highest BCUT2D eigenvalue weighted by Gasteiger charge is 2.33. The molecule has 2 aromatic heterocycles. The van der Waals surface area contributed by atoms with Crippen molar-refractivity contribution in [2.75, 3.05) is 19.0 Å². The lowest BCUT2D eigenvalue weighted by molar-refractivity contribution is -0.141. The quantitative estimate of drug-likeness (QED) is 0.919. The van der Waals surface area contributed by atoms with Gasteiger partial charge in [0.25, 0.3) is 0 Å². The first-order valence-electron chi connectivity index (χ1n) is 6.53. The Hall–Kier alpha value is -2.22. The summed E-state index contributed by atoms with van der Waals surface area (Å²) < 4.78 is 44.0. The third-order valence-electron chi connectivity index (χ3n) is 2.93. The minimum absolute atomic E-state index is 0.00945. The Morgan fingerprint density at radius 3 is 2.50 bits per heavy atom. The third kappa shape index (κ3) is 4.14. The molecule has 0 saturated heterocycles. The molecule has 0 aliphatic carbocycles. The summed E-state index contributed by atoms with van der Waals surface area (Å²) in [5, 5.41) is 2.83. The Labute approximate surface area is 125 Å². The van der Waals surface area contributed by atoms with Crippen molar-refractivity contribution in [2.45, 2.75) is 19.2 Å². The minimum Gasteiger partial charge on any atom is -0.380 e. The predicted octanol–water partition coefficient (Wildman–Crippen LogP) is 3.00. The fraction of sp³-hybridized carbons (Fsp3) is 0.357. The standard InChI is InChI=1S/C14H15F3N4O/c1-9(22-2)8-19-12-7-11(14(15,16)17)20-13(21-12)10-3-5-18-6-4-10/h3-7,9H,8H2,1-2H3,(H,19,20,21). The van der Waals surface area contributed by atoms with Crippen LogP contribution in [-0.2, 0) is 10.9 Å². The molecule has 0 saturated carbocycles. The van der Waals surface area contributed by atoms with Crippen LogP contribution in [-0.4, -0.2) is 34.7 Å². The molecule has 2 aromatic rings. The van der Waals surface area contributed by atoms with E-state index in [4.69, 9.17) is 4.74 Å².